The smallest absolute Gasteiger partial charge is 0.243 e. The van der Waals surface area contributed by atoms with Gasteiger partial charge in [-0.05, 0) is 48.7 Å². The average molecular weight is 348 g/mol. The van der Waals surface area contributed by atoms with Crippen LogP contribution < -0.4 is 15.4 Å². The number of fused-ring (bicyclic) bond motifs is 1. The van der Waals surface area contributed by atoms with Crippen LogP contribution in [-0.4, -0.2) is 28.0 Å². The van der Waals surface area contributed by atoms with Crippen molar-refractivity contribution in [2.24, 2.45) is 0 Å². The van der Waals surface area contributed by atoms with Gasteiger partial charge in [-0.3, -0.25) is 0 Å². The van der Waals surface area contributed by atoms with E-state index < -0.39 is 0 Å². The summed E-state index contributed by atoms with van der Waals surface area (Å²) in [5, 5.41) is 1.07. The molecule has 1 aliphatic heterocycles. The number of aromatic nitrogens is 3. The Hall–Kier alpha value is -2.12. The van der Waals surface area contributed by atoms with Crippen LogP contribution in [0.15, 0.2) is 24.3 Å². The normalized spacial score (nSPS) is 14.6. The van der Waals surface area contributed by atoms with E-state index in [1.807, 2.05) is 0 Å². The second-order valence-corrected chi connectivity index (χ2v) is 6.63. The van der Waals surface area contributed by atoms with E-state index in [2.05, 4.69) is 19.9 Å². The standard InChI is InChI=1S/C15H14ClN5OS/c16-14-18-12-11(23-15(19-12)21-7-1-2-8-21)13(20-14)22-10-5-3-9(17)4-6-10/h3-6H,1-2,7-8,17H2. The van der Waals surface area contributed by atoms with Crippen molar-refractivity contribution >= 4 is 44.1 Å². The molecule has 0 spiro atoms. The third kappa shape index (κ3) is 2.89. The van der Waals surface area contributed by atoms with E-state index in [0.29, 0.717) is 23.0 Å². The fraction of sp³-hybridized carbons (Fsp3) is 0.267. The van der Waals surface area contributed by atoms with Gasteiger partial charge in [-0.1, -0.05) is 11.3 Å². The van der Waals surface area contributed by atoms with E-state index in [0.717, 1.165) is 22.9 Å². The number of nitrogens with zero attached hydrogens (tertiary/aromatic N) is 4. The number of thiazole rings is 1. The van der Waals surface area contributed by atoms with Crippen LogP contribution in [0.3, 0.4) is 0 Å². The summed E-state index contributed by atoms with van der Waals surface area (Å²) in [6.07, 6.45) is 2.38. The summed E-state index contributed by atoms with van der Waals surface area (Å²) in [6.45, 7) is 2.05. The number of nitrogen functional groups attached to an aromatic ring is 1. The molecule has 0 amide bonds. The molecule has 2 N–H and O–H groups in total. The molecule has 6 nitrogen and oxygen atoms in total. The number of nitrogens with two attached hydrogens (primary N) is 1. The molecule has 0 unspecified atom stereocenters. The van der Waals surface area contributed by atoms with E-state index in [-0.39, 0.29) is 5.28 Å². The first kappa shape index (κ1) is 14.5. The van der Waals surface area contributed by atoms with E-state index >= 15 is 0 Å². The molecule has 1 aliphatic rings. The van der Waals surface area contributed by atoms with Crippen molar-refractivity contribution in [2.45, 2.75) is 12.8 Å². The largest absolute Gasteiger partial charge is 0.437 e. The molecule has 0 bridgehead atoms. The molecular weight excluding hydrogens is 334 g/mol. The molecule has 1 fully saturated rings. The van der Waals surface area contributed by atoms with Crippen molar-refractivity contribution in [1.82, 2.24) is 15.0 Å². The Balaban J connectivity index is 1.73. The summed E-state index contributed by atoms with van der Waals surface area (Å²) >= 11 is 7.55. The lowest BCUT2D eigenvalue weighted by molar-refractivity contribution is 0.469. The molecule has 118 valence electrons. The number of hydrogen-bond acceptors (Lipinski definition) is 7. The van der Waals surface area contributed by atoms with Crippen molar-refractivity contribution in [3.63, 3.8) is 0 Å². The van der Waals surface area contributed by atoms with Gasteiger partial charge < -0.3 is 15.4 Å². The zero-order chi connectivity index (χ0) is 15.8. The van der Waals surface area contributed by atoms with E-state index in [1.165, 1.54) is 24.2 Å². The Morgan fingerprint density at radius 3 is 2.57 bits per heavy atom. The molecule has 8 heteroatoms. The minimum atomic E-state index is 0.126. The molecular formula is C15H14ClN5OS. The van der Waals surface area contributed by atoms with Crippen LogP contribution >= 0.6 is 22.9 Å². The Morgan fingerprint density at radius 1 is 1.09 bits per heavy atom. The molecule has 0 atom stereocenters. The number of anilines is 2. The van der Waals surface area contributed by atoms with Crippen molar-refractivity contribution in [3.05, 3.63) is 29.5 Å². The highest BCUT2D eigenvalue weighted by molar-refractivity contribution is 7.22. The third-order valence-corrected chi connectivity index (χ3v) is 4.92. The van der Waals surface area contributed by atoms with Crippen LogP contribution in [0.5, 0.6) is 11.6 Å². The first-order valence-electron chi connectivity index (χ1n) is 7.31. The van der Waals surface area contributed by atoms with Gasteiger partial charge in [-0.15, -0.1) is 0 Å². The molecule has 2 aromatic heterocycles. The van der Waals surface area contributed by atoms with Crippen molar-refractivity contribution < 1.29 is 4.74 Å². The summed E-state index contributed by atoms with van der Waals surface area (Å²) in [5.41, 5.74) is 6.94. The Bertz CT molecular complexity index is 845. The minimum absolute atomic E-state index is 0.126. The van der Waals surface area contributed by atoms with E-state index in [1.54, 1.807) is 24.3 Å². The van der Waals surface area contributed by atoms with Gasteiger partial charge in [0.2, 0.25) is 11.2 Å². The molecule has 3 heterocycles. The van der Waals surface area contributed by atoms with E-state index in [4.69, 9.17) is 22.1 Å². The lowest BCUT2D eigenvalue weighted by Crippen LogP contribution is -2.16. The van der Waals surface area contributed by atoms with Crippen molar-refractivity contribution in [3.8, 4) is 11.6 Å². The van der Waals surface area contributed by atoms with Crippen LogP contribution in [0.2, 0.25) is 5.28 Å². The monoisotopic (exact) mass is 347 g/mol. The Morgan fingerprint density at radius 2 is 1.83 bits per heavy atom. The molecule has 0 radical (unpaired) electrons. The molecule has 1 saturated heterocycles. The predicted octanol–water partition coefficient (Wildman–Crippen LogP) is 3.71. The maximum atomic E-state index is 6.01. The van der Waals surface area contributed by atoms with Gasteiger partial charge in [0.25, 0.3) is 0 Å². The Labute approximate surface area is 141 Å². The van der Waals surface area contributed by atoms with Gasteiger partial charge in [-0.25, -0.2) is 0 Å². The lowest BCUT2D eigenvalue weighted by Gasteiger charge is -2.11. The molecule has 23 heavy (non-hydrogen) atoms. The summed E-state index contributed by atoms with van der Waals surface area (Å²) in [4.78, 5) is 15.3. The van der Waals surface area contributed by atoms with E-state index in [9.17, 15) is 0 Å². The van der Waals surface area contributed by atoms with Crippen LogP contribution in [0.1, 0.15) is 12.8 Å². The van der Waals surface area contributed by atoms with Gasteiger partial charge in [0, 0.05) is 18.8 Å². The van der Waals surface area contributed by atoms with Crippen LogP contribution in [-0.2, 0) is 0 Å². The second-order valence-electron chi connectivity index (χ2n) is 5.31. The molecule has 0 saturated carbocycles. The maximum absolute atomic E-state index is 6.01. The summed E-state index contributed by atoms with van der Waals surface area (Å²) in [5.74, 6) is 1.07. The zero-order valence-electron chi connectivity index (χ0n) is 12.2. The highest BCUT2D eigenvalue weighted by Gasteiger charge is 2.20. The maximum Gasteiger partial charge on any atom is 0.243 e. The summed E-state index contributed by atoms with van der Waals surface area (Å²) in [6, 6.07) is 7.13. The topological polar surface area (TPSA) is 77.2 Å². The SMILES string of the molecule is Nc1ccc(Oc2nc(Cl)nc3nc(N4CCCC4)sc23)cc1. The van der Waals surface area contributed by atoms with Crippen molar-refractivity contribution in [1.29, 1.82) is 0 Å². The lowest BCUT2D eigenvalue weighted by atomic mass is 10.3. The predicted molar refractivity (Wildman–Crippen MR) is 92.6 cm³/mol. The fourth-order valence-electron chi connectivity index (χ4n) is 2.52. The second kappa shape index (κ2) is 5.82. The highest BCUT2D eigenvalue weighted by Crippen LogP contribution is 2.37. The first-order chi connectivity index (χ1) is 11.2. The molecule has 4 rings (SSSR count). The Kier molecular flexibility index (Phi) is 3.66. The molecule has 3 aromatic rings. The number of benzene rings is 1. The summed E-state index contributed by atoms with van der Waals surface area (Å²) < 4.78 is 6.66. The highest BCUT2D eigenvalue weighted by atomic mass is 35.5. The van der Waals surface area contributed by atoms with Crippen LogP contribution in [0.25, 0.3) is 10.3 Å². The van der Waals surface area contributed by atoms with Gasteiger partial charge in [0.1, 0.15) is 10.4 Å². The quantitative estimate of drug-likeness (QED) is 0.574. The van der Waals surface area contributed by atoms with Gasteiger partial charge >= 0.3 is 0 Å². The van der Waals surface area contributed by atoms with Crippen LogP contribution in [0.4, 0.5) is 10.8 Å². The van der Waals surface area contributed by atoms with Gasteiger partial charge in [-0.2, -0.15) is 15.0 Å². The molecule has 0 aliphatic carbocycles. The van der Waals surface area contributed by atoms with Crippen LogP contribution in [0, 0.1) is 0 Å². The zero-order valence-corrected chi connectivity index (χ0v) is 13.8. The number of ether oxygens (including phenoxy) is 1. The minimum Gasteiger partial charge on any atom is -0.437 e. The first-order valence-corrected chi connectivity index (χ1v) is 8.51. The number of rotatable bonds is 3. The van der Waals surface area contributed by atoms with Gasteiger partial charge in [0.05, 0.1) is 0 Å². The number of halogens is 1. The third-order valence-electron chi connectivity index (χ3n) is 3.66. The van der Waals surface area contributed by atoms with Crippen molar-refractivity contribution in [2.75, 3.05) is 23.7 Å². The fourth-order valence-corrected chi connectivity index (χ4v) is 3.66. The summed E-state index contributed by atoms with van der Waals surface area (Å²) in [7, 11) is 0. The molecule has 1 aromatic carbocycles. The number of hydrogen-bond donors (Lipinski definition) is 1. The van der Waals surface area contributed by atoms with Gasteiger partial charge in [0.15, 0.2) is 10.8 Å². The average Bonchev–Trinajstić information content (AvgIpc) is 3.18.